The topological polar surface area (TPSA) is 62.5 Å². The summed E-state index contributed by atoms with van der Waals surface area (Å²) in [5.74, 6) is 0.213. The maximum atomic E-state index is 12.0. The van der Waals surface area contributed by atoms with Crippen molar-refractivity contribution in [3.8, 4) is 0 Å². The lowest BCUT2D eigenvalue weighted by molar-refractivity contribution is 0.0936. The molecule has 2 N–H and O–H groups in total. The molecule has 0 aliphatic rings. The Bertz CT molecular complexity index is 843. The van der Waals surface area contributed by atoms with Crippen molar-refractivity contribution in [2.45, 2.75) is 12.5 Å². The second-order valence-electron chi connectivity index (χ2n) is 5.38. The number of aliphatic hydroxyl groups is 1. The van der Waals surface area contributed by atoms with Crippen molar-refractivity contribution in [2.75, 3.05) is 6.54 Å². The first kappa shape index (κ1) is 16.8. The Morgan fingerprint density at radius 2 is 1.92 bits per heavy atom. The Hall–Kier alpha value is -2.01. The second kappa shape index (κ2) is 7.26. The molecule has 1 amide bonds. The van der Waals surface area contributed by atoms with E-state index in [-0.39, 0.29) is 5.91 Å². The number of amides is 1. The van der Waals surface area contributed by atoms with E-state index >= 15 is 0 Å². The number of halogens is 2. The highest BCUT2D eigenvalue weighted by atomic mass is 35.5. The fourth-order valence-electron chi connectivity index (χ4n) is 2.37. The first-order valence-corrected chi connectivity index (χ1v) is 8.20. The summed E-state index contributed by atoms with van der Waals surface area (Å²) < 4.78 is 5.61. The molecule has 124 valence electrons. The average molecular weight is 364 g/mol. The van der Waals surface area contributed by atoms with Gasteiger partial charge in [0.2, 0.25) is 0 Å². The quantitative estimate of drug-likeness (QED) is 0.696. The van der Waals surface area contributed by atoms with Crippen molar-refractivity contribution in [3.63, 3.8) is 0 Å². The van der Waals surface area contributed by atoms with Crippen molar-refractivity contribution in [1.82, 2.24) is 5.32 Å². The van der Waals surface area contributed by atoms with Gasteiger partial charge in [-0.05, 0) is 36.8 Å². The van der Waals surface area contributed by atoms with E-state index in [0.29, 0.717) is 34.3 Å². The predicted molar refractivity (Wildman–Crippen MR) is 94.6 cm³/mol. The molecule has 0 aliphatic heterocycles. The number of rotatable bonds is 5. The fraction of sp³-hybridized carbons (Fsp3) is 0.167. The number of hydrogen-bond acceptors (Lipinski definition) is 3. The molecule has 1 atom stereocenters. The lowest BCUT2D eigenvalue weighted by Gasteiger charge is -2.09. The first-order chi connectivity index (χ1) is 11.5. The molecule has 1 heterocycles. The monoisotopic (exact) mass is 363 g/mol. The predicted octanol–water partition coefficient (Wildman–Crippen LogP) is 4.59. The first-order valence-electron chi connectivity index (χ1n) is 7.44. The van der Waals surface area contributed by atoms with Crippen LogP contribution in [0.3, 0.4) is 0 Å². The van der Waals surface area contributed by atoms with Gasteiger partial charge in [-0.2, -0.15) is 0 Å². The van der Waals surface area contributed by atoms with Crippen LogP contribution in [0.15, 0.2) is 52.9 Å². The summed E-state index contributed by atoms with van der Waals surface area (Å²) in [6, 6.07) is 14.0. The van der Waals surface area contributed by atoms with Crippen LogP contribution in [0.1, 0.15) is 28.6 Å². The van der Waals surface area contributed by atoms with Gasteiger partial charge in [-0.3, -0.25) is 4.79 Å². The van der Waals surface area contributed by atoms with Crippen LogP contribution in [-0.2, 0) is 0 Å². The normalized spacial score (nSPS) is 12.3. The number of para-hydroxylation sites is 1. The van der Waals surface area contributed by atoms with Gasteiger partial charge >= 0.3 is 0 Å². The molecule has 2 aromatic carbocycles. The van der Waals surface area contributed by atoms with Crippen molar-refractivity contribution >= 4 is 40.1 Å². The maximum absolute atomic E-state index is 12.0. The van der Waals surface area contributed by atoms with Crippen LogP contribution in [0, 0.1) is 0 Å². The third-order valence-corrected chi connectivity index (χ3v) is 4.40. The van der Waals surface area contributed by atoms with E-state index in [1.165, 1.54) is 6.07 Å². The number of fused-ring (bicyclic) bond motifs is 1. The Labute approximate surface area is 149 Å². The minimum Gasteiger partial charge on any atom is -0.458 e. The highest BCUT2D eigenvalue weighted by Crippen LogP contribution is 2.25. The molecule has 0 saturated carbocycles. The molecule has 0 aliphatic carbocycles. The molecule has 24 heavy (non-hydrogen) atoms. The molecule has 0 radical (unpaired) electrons. The lowest BCUT2D eigenvalue weighted by atomic mass is 10.1. The third-order valence-electron chi connectivity index (χ3n) is 3.66. The van der Waals surface area contributed by atoms with E-state index in [0.717, 1.165) is 11.0 Å². The molecule has 0 spiro atoms. The number of benzene rings is 2. The Morgan fingerprint density at radius 1 is 1.12 bits per heavy atom. The molecule has 6 heteroatoms. The summed E-state index contributed by atoms with van der Waals surface area (Å²) in [5, 5.41) is 14.6. The standard InChI is InChI=1S/C18H15Cl2NO3/c19-13-6-5-12(9-14(13)20)18(23)21-8-7-15(22)17-10-11-3-1-2-4-16(11)24-17/h1-6,9-10,15,22H,7-8H2,(H,21,23)/t15-/m0/s1. The molecular weight excluding hydrogens is 349 g/mol. The van der Waals surface area contributed by atoms with Gasteiger partial charge in [-0.25, -0.2) is 0 Å². The van der Waals surface area contributed by atoms with Crippen LogP contribution >= 0.6 is 23.2 Å². The van der Waals surface area contributed by atoms with Crippen molar-refractivity contribution in [3.05, 3.63) is 69.9 Å². The highest BCUT2D eigenvalue weighted by molar-refractivity contribution is 6.42. The van der Waals surface area contributed by atoms with E-state index in [1.807, 2.05) is 24.3 Å². The highest BCUT2D eigenvalue weighted by Gasteiger charge is 2.14. The molecule has 3 rings (SSSR count). The van der Waals surface area contributed by atoms with E-state index in [2.05, 4.69) is 5.32 Å². The van der Waals surface area contributed by atoms with Crippen LogP contribution in [0.25, 0.3) is 11.0 Å². The molecule has 0 unspecified atom stereocenters. The van der Waals surface area contributed by atoms with Crippen LogP contribution in [0.4, 0.5) is 0 Å². The van der Waals surface area contributed by atoms with Crippen LogP contribution in [-0.4, -0.2) is 17.6 Å². The van der Waals surface area contributed by atoms with E-state index in [1.54, 1.807) is 18.2 Å². The second-order valence-corrected chi connectivity index (χ2v) is 6.19. The van der Waals surface area contributed by atoms with Gasteiger partial charge in [-0.15, -0.1) is 0 Å². The zero-order chi connectivity index (χ0) is 17.1. The minimum absolute atomic E-state index is 0.273. The van der Waals surface area contributed by atoms with Crippen LogP contribution in [0.2, 0.25) is 10.0 Å². The summed E-state index contributed by atoms with van der Waals surface area (Å²) in [5.41, 5.74) is 1.15. The molecule has 0 bridgehead atoms. The van der Waals surface area contributed by atoms with Crippen molar-refractivity contribution in [2.24, 2.45) is 0 Å². The zero-order valence-corrected chi connectivity index (χ0v) is 14.1. The van der Waals surface area contributed by atoms with Gasteiger partial charge < -0.3 is 14.8 Å². The number of carbonyl (C=O) groups is 1. The Kier molecular flexibility index (Phi) is 5.09. The Morgan fingerprint density at radius 3 is 2.67 bits per heavy atom. The van der Waals surface area contributed by atoms with Crippen LogP contribution in [0.5, 0.6) is 0 Å². The number of aliphatic hydroxyl groups excluding tert-OH is 1. The SMILES string of the molecule is O=C(NCC[C@H](O)c1cc2ccccc2o1)c1ccc(Cl)c(Cl)c1. The van der Waals surface area contributed by atoms with Crippen molar-refractivity contribution in [1.29, 1.82) is 0 Å². The largest absolute Gasteiger partial charge is 0.458 e. The van der Waals surface area contributed by atoms with Gasteiger partial charge in [0.25, 0.3) is 5.91 Å². The molecular formula is C18H15Cl2NO3. The molecule has 0 fully saturated rings. The molecule has 1 aromatic heterocycles. The third kappa shape index (κ3) is 3.73. The summed E-state index contributed by atoms with van der Waals surface area (Å²) in [7, 11) is 0. The average Bonchev–Trinajstić information content (AvgIpc) is 3.01. The molecule has 0 saturated heterocycles. The van der Waals surface area contributed by atoms with E-state index in [4.69, 9.17) is 27.6 Å². The summed E-state index contributed by atoms with van der Waals surface area (Å²) in [4.78, 5) is 12.0. The van der Waals surface area contributed by atoms with Crippen molar-refractivity contribution < 1.29 is 14.3 Å². The number of furan rings is 1. The van der Waals surface area contributed by atoms with Gasteiger partial charge in [0.05, 0.1) is 10.0 Å². The van der Waals surface area contributed by atoms with Crippen LogP contribution < -0.4 is 5.32 Å². The number of carbonyl (C=O) groups excluding carboxylic acids is 1. The van der Waals surface area contributed by atoms with E-state index in [9.17, 15) is 9.90 Å². The number of nitrogens with one attached hydrogen (secondary N) is 1. The summed E-state index contributed by atoms with van der Waals surface area (Å²) in [6.07, 6.45) is -0.445. The summed E-state index contributed by atoms with van der Waals surface area (Å²) in [6.45, 7) is 0.303. The zero-order valence-electron chi connectivity index (χ0n) is 12.6. The van der Waals surface area contributed by atoms with Gasteiger partial charge in [0.1, 0.15) is 17.4 Å². The number of hydrogen-bond donors (Lipinski definition) is 2. The maximum Gasteiger partial charge on any atom is 0.251 e. The Balaban J connectivity index is 1.57. The van der Waals surface area contributed by atoms with E-state index < -0.39 is 6.10 Å². The van der Waals surface area contributed by atoms with Gasteiger partial charge in [0.15, 0.2) is 0 Å². The minimum atomic E-state index is -0.786. The van der Waals surface area contributed by atoms with Gasteiger partial charge in [0, 0.05) is 17.5 Å². The fourth-order valence-corrected chi connectivity index (χ4v) is 2.67. The summed E-state index contributed by atoms with van der Waals surface area (Å²) >= 11 is 11.7. The smallest absolute Gasteiger partial charge is 0.251 e. The van der Waals surface area contributed by atoms with Gasteiger partial charge in [-0.1, -0.05) is 41.4 Å². The lowest BCUT2D eigenvalue weighted by Crippen LogP contribution is -2.25. The molecule has 4 nitrogen and oxygen atoms in total. The molecule has 3 aromatic rings.